The highest BCUT2D eigenvalue weighted by Crippen LogP contribution is 2.50. The van der Waals surface area contributed by atoms with Gasteiger partial charge in [-0.2, -0.15) is 0 Å². The van der Waals surface area contributed by atoms with Gasteiger partial charge in [-0.25, -0.2) is 129 Å². The zero-order valence-corrected chi connectivity index (χ0v) is 81.3. The number of hydrogen-bond donors (Lipinski definition) is 6. The number of nitrogens with zero attached hydrogens (tertiary/aromatic N) is 8. The van der Waals surface area contributed by atoms with E-state index in [2.05, 4.69) is 54.8 Å². The lowest BCUT2D eigenvalue weighted by atomic mass is 9.97. The number of aromatic amines is 6. The Balaban J connectivity index is 0.000000190. The van der Waals surface area contributed by atoms with Crippen molar-refractivity contribution in [1.29, 1.82) is 0 Å². The summed E-state index contributed by atoms with van der Waals surface area (Å²) < 4.78 is 401. The molecule has 2 aliphatic rings. The van der Waals surface area contributed by atoms with E-state index in [9.17, 15) is 0 Å². The summed E-state index contributed by atoms with van der Waals surface area (Å²) in [6.07, 6.45) is 11.6. The van der Waals surface area contributed by atoms with Gasteiger partial charge in [0.2, 0.25) is 17.1 Å². The quantitative estimate of drug-likeness (QED) is 0.0309. The molecule has 6 N–H and O–H groups in total. The molecule has 20 aromatic rings. The predicted octanol–water partition coefficient (Wildman–Crippen LogP) is 18.4. The lowest BCUT2D eigenvalue weighted by Crippen LogP contribution is -3.00. The molecule has 148 heavy (non-hydrogen) atoms. The number of benzene rings is 6. The first kappa shape index (κ1) is 102. The van der Waals surface area contributed by atoms with Gasteiger partial charge in [0, 0.05) is 133 Å². The zero-order valence-electron chi connectivity index (χ0n) is 74.9. The molecular formula is C107H55F24I3N14. The van der Waals surface area contributed by atoms with Gasteiger partial charge in [0.25, 0.3) is 0 Å². The Bertz CT molecular complexity index is 9160. The van der Waals surface area contributed by atoms with Crippen LogP contribution in [-0.2, 0) is 21.1 Å². The van der Waals surface area contributed by atoms with Crippen LogP contribution in [-0.4, -0.2) is 54.8 Å². The number of rotatable bonds is 12. The van der Waals surface area contributed by atoms with Crippen molar-refractivity contribution in [3.05, 3.63) is 382 Å². The fraction of sp³-hybridized carbons (Fsp3) is 0.0280. The molecule has 0 aliphatic carbocycles. The molecular weight excluding hydrogens is 2320 g/mol. The highest BCUT2D eigenvalue weighted by atomic mass is 127. The van der Waals surface area contributed by atoms with Crippen molar-refractivity contribution in [2.24, 2.45) is 21.1 Å². The molecule has 41 heteroatoms. The number of hydrogen-bond acceptors (Lipinski definition) is 5. The van der Waals surface area contributed by atoms with Crippen molar-refractivity contribution < 1.29 is 191 Å². The van der Waals surface area contributed by atoms with Gasteiger partial charge in [-0.05, 0) is 152 Å². The smallest absolute Gasteiger partial charge is 0.218 e. The van der Waals surface area contributed by atoms with Crippen molar-refractivity contribution in [2.75, 3.05) is 0 Å². The average molecular weight is 2370 g/mol. The second-order valence-electron chi connectivity index (χ2n) is 33.2. The van der Waals surface area contributed by atoms with Crippen LogP contribution in [0.4, 0.5) is 105 Å². The largest absolute Gasteiger partial charge is 1.00 e. The van der Waals surface area contributed by atoms with Gasteiger partial charge in [0.05, 0.1) is 112 Å². The van der Waals surface area contributed by atoms with E-state index in [0.717, 1.165) is 85.4 Å². The minimum atomic E-state index is -2.02. The van der Waals surface area contributed by atoms with Gasteiger partial charge in [-0.15, -0.1) is 0 Å². The second kappa shape index (κ2) is 39.9. The molecule has 16 heterocycles. The van der Waals surface area contributed by atoms with E-state index >= 15 is 105 Å². The fourth-order valence-electron chi connectivity index (χ4n) is 18.2. The highest BCUT2D eigenvalue weighted by molar-refractivity contribution is 6.04. The van der Waals surface area contributed by atoms with E-state index in [1.165, 1.54) is 193 Å². The summed E-state index contributed by atoms with van der Waals surface area (Å²) in [4.78, 5) is 37.3. The second-order valence-corrected chi connectivity index (χ2v) is 33.2. The molecule has 0 saturated carbocycles. The number of halogens is 27. The summed E-state index contributed by atoms with van der Waals surface area (Å²) in [6, 6.07) is 38.2. The van der Waals surface area contributed by atoms with Crippen molar-refractivity contribution in [2.45, 2.75) is 0 Å². The summed E-state index contributed by atoms with van der Waals surface area (Å²) in [5.41, 5.74) is -26.2. The molecule has 22 rings (SSSR count). The Kier molecular flexibility index (Phi) is 27.5. The molecule has 0 spiro atoms. The third kappa shape index (κ3) is 16.7. The lowest BCUT2D eigenvalue weighted by Gasteiger charge is -2.14. The van der Waals surface area contributed by atoms with Gasteiger partial charge in [0.1, 0.15) is 37.8 Å². The number of aryl methyl sites for hydroxylation is 3. The molecule has 14 nitrogen and oxygen atoms in total. The summed E-state index contributed by atoms with van der Waals surface area (Å²) in [7, 11) is 4.14. The van der Waals surface area contributed by atoms with Gasteiger partial charge >= 0.3 is 0 Å². The zero-order chi connectivity index (χ0) is 102. The lowest BCUT2D eigenvalue weighted by molar-refractivity contribution is -0.660. The first-order valence-corrected chi connectivity index (χ1v) is 43.2. The minimum absolute atomic E-state index is 0. The number of aromatic nitrogens is 14. The number of pyridine rings is 6. The van der Waals surface area contributed by atoms with Gasteiger partial charge in [0.15, 0.2) is 158 Å². The van der Waals surface area contributed by atoms with E-state index in [4.69, 9.17) is 0 Å². The summed E-state index contributed by atoms with van der Waals surface area (Å²) in [5.74, 6) is -45.6. The molecule has 6 aromatic carbocycles. The van der Waals surface area contributed by atoms with Crippen molar-refractivity contribution in [3.8, 4) is 134 Å². The number of fused-ring (bicyclic) bond motifs is 18. The molecule has 16 bridgehead atoms. The van der Waals surface area contributed by atoms with Crippen molar-refractivity contribution in [3.63, 3.8) is 0 Å². The fourth-order valence-corrected chi connectivity index (χ4v) is 18.2. The molecule has 0 unspecified atom stereocenters. The van der Waals surface area contributed by atoms with E-state index in [0.29, 0.717) is 0 Å². The first-order valence-electron chi connectivity index (χ1n) is 43.2. The maximum atomic E-state index is 17.0. The molecule has 742 valence electrons. The van der Waals surface area contributed by atoms with Crippen molar-refractivity contribution >= 4 is 90.5 Å². The summed E-state index contributed by atoms with van der Waals surface area (Å²) >= 11 is 0. The SMILES string of the molecule is C[n+]1ccccc1-c1c(F)c(F)c(-c2c3nc(c(-c4c(F)c(F)c(-c5cccc[n+]5C)c(F)c4F)c4ccc([nH]4)c4ccc([nH]4)c(-c4c(F)c(F)c(-c5cccc[n+]5C)c(F)c4F)c4ccc2[nH]4)C=C3)c(F)c1F.Fc1c(F)c(-c2c3nc(c(-c4c(F)c(F)c(-c5ccccn5)c(F)c4F)c4ccc([nH]4)c4ccc([nH]4)c(-c4c(F)c(F)c(-c5ccccn5)c(F)c4F)c4ccc2[nH]4)C=C3)c(F)c(F)c1-c1ccccn1.[I-].[I-].[I-]. The van der Waals surface area contributed by atoms with Crippen LogP contribution in [0.1, 0.15) is 22.8 Å². The molecule has 0 radical (unpaired) electrons. The van der Waals surface area contributed by atoms with Gasteiger partial charge in [-0.3, -0.25) is 15.0 Å². The van der Waals surface area contributed by atoms with E-state index in [1.54, 1.807) is 0 Å². The van der Waals surface area contributed by atoms with Crippen LogP contribution in [0.15, 0.2) is 219 Å². The third-order valence-corrected chi connectivity index (χ3v) is 24.9. The topological polar surface area (TPSA) is 171 Å². The molecule has 14 aromatic heterocycles. The van der Waals surface area contributed by atoms with Crippen LogP contribution in [0.25, 0.3) is 225 Å². The highest BCUT2D eigenvalue weighted by Gasteiger charge is 2.41. The van der Waals surface area contributed by atoms with Crippen LogP contribution in [0.2, 0.25) is 0 Å². The Morgan fingerprint density at radius 2 is 0.331 bits per heavy atom. The normalized spacial score (nSPS) is 11.7. The predicted molar refractivity (Wildman–Crippen MR) is 491 cm³/mol. The molecule has 0 amide bonds. The Morgan fingerprint density at radius 1 is 0.169 bits per heavy atom. The van der Waals surface area contributed by atoms with Crippen LogP contribution in [0.5, 0.6) is 0 Å². The maximum Gasteiger partial charge on any atom is 0.218 e. The van der Waals surface area contributed by atoms with Crippen LogP contribution in [0.3, 0.4) is 0 Å². The Hall–Kier alpha value is -15.8. The Morgan fingerprint density at radius 3 is 0.520 bits per heavy atom. The molecule has 0 atom stereocenters. The molecule has 0 fully saturated rings. The Labute approximate surface area is 867 Å². The summed E-state index contributed by atoms with van der Waals surface area (Å²) in [6.45, 7) is 0. The average Bonchev–Trinajstić information content (AvgIpc) is 1.52. The van der Waals surface area contributed by atoms with Crippen LogP contribution in [0, 0.1) is 140 Å². The van der Waals surface area contributed by atoms with E-state index < -0.39 is 302 Å². The van der Waals surface area contributed by atoms with Crippen LogP contribution < -0.4 is 85.6 Å². The number of H-pyrrole nitrogens is 6. The minimum Gasteiger partial charge on any atom is -1.00 e. The van der Waals surface area contributed by atoms with E-state index in [-0.39, 0.29) is 133 Å². The first-order chi connectivity index (χ1) is 69.7. The monoisotopic (exact) mass is 2370 g/mol. The van der Waals surface area contributed by atoms with Crippen molar-refractivity contribution in [1.82, 2.24) is 54.8 Å². The number of nitrogens with one attached hydrogen (secondary N) is 6. The molecule has 2 aliphatic heterocycles. The third-order valence-electron chi connectivity index (χ3n) is 24.9. The van der Waals surface area contributed by atoms with Crippen LogP contribution >= 0.6 is 0 Å². The van der Waals surface area contributed by atoms with E-state index in [1.807, 2.05) is 0 Å². The van der Waals surface area contributed by atoms with Gasteiger partial charge < -0.3 is 102 Å². The standard InChI is InChI=1S/C55H30F12N7.C52H23F12N7.3HI/c1-72-21-7-4-10-32(72)38-44(56)50(62)41(51(63)45(38)57)35-26-15-13-24(68-26)25-14-16-27(69-25)36(42-52(64)46(58)39(47(59)53(42)65)33-11-5-8-22-73(33)2)29-18-20-31(71-29)37(30-19-17-28(35)70-30)43-54(66)48(60)40(49(61)55(43)67)34-12-6-9-23-74(34)3;53-41-35(23-7-1-4-18-65-23)42(54)48(60)38(47(41)59)32-26-12-10-21(68-26)22-11-13-27(69-22)33(39-49(61)43(55)36(44(56)50(39)62)24-8-2-5-19-66-24)29-15-17-31(71-29)34(30-16-14-28(32)70-30)40-51(63)45(57)37(46(58)52(40)64)25-9-3-6-20-67-25;;;/h4-23H,1-3H3,(H,70,71);1-20,68-70H;3*1H/q+1;;;;/p-1. The van der Waals surface area contributed by atoms with Gasteiger partial charge in [-0.1, -0.05) is 18.2 Å². The molecule has 0 saturated heterocycles. The summed E-state index contributed by atoms with van der Waals surface area (Å²) in [5, 5.41) is 0. The maximum absolute atomic E-state index is 17.0.